The highest BCUT2D eigenvalue weighted by atomic mass is 16.5. The molecule has 2 N–H and O–H groups in total. The minimum absolute atomic E-state index is 0.0808. The minimum Gasteiger partial charge on any atom is -0.379 e. The summed E-state index contributed by atoms with van der Waals surface area (Å²) >= 11 is 0. The lowest BCUT2D eigenvalue weighted by Crippen LogP contribution is -2.68. The first kappa shape index (κ1) is 17.9. The van der Waals surface area contributed by atoms with Crippen molar-refractivity contribution in [2.75, 3.05) is 32.8 Å². The average Bonchev–Trinajstić information content (AvgIpc) is 3.18. The Balaban J connectivity index is 1.47. The van der Waals surface area contributed by atoms with Crippen LogP contribution in [0.15, 0.2) is 30.3 Å². The van der Waals surface area contributed by atoms with Crippen molar-refractivity contribution in [2.24, 2.45) is 0 Å². The van der Waals surface area contributed by atoms with Crippen LogP contribution >= 0.6 is 0 Å². The molecule has 26 heavy (non-hydrogen) atoms. The quantitative estimate of drug-likeness (QED) is 0.850. The fourth-order valence-electron chi connectivity index (χ4n) is 4.62. The number of ether oxygens (including phenoxy) is 1. The number of carbonyl (C=O) groups is 1. The summed E-state index contributed by atoms with van der Waals surface area (Å²) < 4.78 is 5.46. The van der Waals surface area contributed by atoms with Crippen molar-refractivity contribution in [3.63, 3.8) is 0 Å². The van der Waals surface area contributed by atoms with Gasteiger partial charge in [0.2, 0.25) is 5.91 Å². The van der Waals surface area contributed by atoms with E-state index in [1.165, 1.54) is 18.4 Å². The van der Waals surface area contributed by atoms with Crippen LogP contribution in [0.1, 0.15) is 37.7 Å². The maximum absolute atomic E-state index is 12.4. The number of benzene rings is 1. The number of nitrogens with zero attached hydrogens (tertiary/aromatic N) is 2. The van der Waals surface area contributed by atoms with Crippen molar-refractivity contribution in [3.05, 3.63) is 35.9 Å². The van der Waals surface area contributed by atoms with Crippen LogP contribution in [0.5, 0.6) is 0 Å². The Morgan fingerprint density at radius 3 is 2.69 bits per heavy atom. The van der Waals surface area contributed by atoms with Crippen molar-refractivity contribution in [2.45, 2.75) is 50.6 Å². The van der Waals surface area contributed by atoms with Crippen molar-refractivity contribution in [1.82, 2.24) is 20.4 Å². The minimum atomic E-state index is -0.0808. The van der Waals surface area contributed by atoms with Gasteiger partial charge < -0.3 is 10.1 Å². The molecule has 3 heterocycles. The Kier molecular flexibility index (Phi) is 5.55. The molecule has 0 radical (unpaired) electrons. The summed E-state index contributed by atoms with van der Waals surface area (Å²) in [6.45, 7) is 6.62. The summed E-state index contributed by atoms with van der Waals surface area (Å²) in [5, 5.41) is 6.88. The maximum Gasteiger partial charge on any atom is 0.225 e. The molecule has 1 amide bonds. The normalized spacial score (nSPS) is 32.3. The molecule has 0 bridgehead atoms. The molecule has 6 nitrogen and oxygen atoms in total. The van der Waals surface area contributed by atoms with Gasteiger partial charge in [-0.15, -0.1) is 0 Å². The van der Waals surface area contributed by atoms with Crippen molar-refractivity contribution in [3.8, 4) is 0 Å². The van der Waals surface area contributed by atoms with Crippen LogP contribution in [-0.4, -0.2) is 67.1 Å². The smallest absolute Gasteiger partial charge is 0.225 e. The standard InChI is InChI=1S/C20H30N4O2/c1-15(16-6-3-2-4-7-16)17-8-5-9-24(17)20-21-18(14-19(25)22-20)23-10-12-26-13-11-23/h2-4,6-7,15,17-18,20-21H,5,8-14H2,1H3,(H,22,25)/t15-,17-,18?,20?/m0/s1. The first-order chi connectivity index (χ1) is 12.7. The van der Waals surface area contributed by atoms with Crippen LogP contribution in [-0.2, 0) is 9.53 Å². The number of morpholine rings is 1. The zero-order valence-corrected chi connectivity index (χ0v) is 15.6. The van der Waals surface area contributed by atoms with Gasteiger partial charge in [0.25, 0.3) is 0 Å². The lowest BCUT2D eigenvalue weighted by Gasteiger charge is -2.45. The lowest BCUT2D eigenvalue weighted by atomic mass is 9.91. The summed E-state index contributed by atoms with van der Waals surface area (Å²) in [6, 6.07) is 11.2. The van der Waals surface area contributed by atoms with Gasteiger partial charge in [-0.1, -0.05) is 37.3 Å². The van der Waals surface area contributed by atoms with E-state index in [1.807, 2.05) is 0 Å². The van der Waals surface area contributed by atoms with Crippen LogP contribution in [0, 0.1) is 0 Å². The van der Waals surface area contributed by atoms with Gasteiger partial charge in [-0.05, 0) is 24.3 Å². The molecule has 2 unspecified atom stereocenters. The van der Waals surface area contributed by atoms with Crippen molar-refractivity contribution in [1.29, 1.82) is 0 Å². The summed E-state index contributed by atoms with van der Waals surface area (Å²) in [7, 11) is 0. The Labute approximate surface area is 155 Å². The van der Waals surface area contributed by atoms with E-state index < -0.39 is 0 Å². The van der Waals surface area contributed by atoms with E-state index in [0.29, 0.717) is 18.4 Å². The molecule has 0 spiro atoms. The van der Waals surface area contributed by atoms with Gasteiger partial charge in [-0.25, -0.2) is 0 Å². The van der Waals surface area contributed by atoms with Gasteiger partial charge in [0.15, 0.2) is 0 Å². The topological polar surface area (TPSA) is 56.8 Å². The zero-order chi connectivity index (χ0) is 17.9. The predicted octanol–water partition coefficient (Wildman–Crippen LogP) is 1.31. The molecule has 0 aliphatic carbocycles. The number of amides is 1. The van der Waals surface area contributed by atoms with E-state index in [1.54, 1.807) is 0 Å². The van der Waals surface area contributed by atoms with E-state index in [0.717, 1.165) is 32.8 Å². The molecular weight excluding hydrogens is 328 g/mol. The molecule has 0 saturated carbocycles. The molecule has 142 valence electrons. The summed E-state index contributed by atoms with van der Waals surface area (Å²) in [5.74, 6) is 0.587. The van der Waals surface area contributed by atoms with Crippen LogP contribution in [0.25, 0.3) is 0 Å². The molecule has 3 aliphatic rings. The van der Waals surface area contributed by atoms with Gasteiger partial charge in [0.05, 0.1) is 25.8 Å². The fraction of sp³-hybridized carbons (Fsp3) is 0.650. The van der Waals surface area contributed by atoms with Crippen LogP contribution < -0.4 is 10.6 Å². The summed E-state index contributed by atoms with van der Waals surface area (Å²) in [4.78, 5) is 17.2. The molecule has 4 atom stereocenters. The fourth-order valence-corrected chi connectivity index (χ4v) is 4.62. The number of nitrogens with one attached hydrogen (secondary N) is 2. The second-order valence-corrected chi connectivity index (χ2v) is 7.65. The molecule has 6 heteroatoms. The van der Waals surface area contributed by atoms with E-state index >= 15 is 0 Å². The van der Waals surface area contributed by atoms with E-state index in [2.05, 4.69) is 57.7 Å². The second-order valence-electron chi connectivity index (χ2n) is 7.65. The summed E-state index contributed by atoms with van der Waals surface area (Å²) in [5.41, 5.74) is 1.37. The van der Waals surface area contributed by atoms with Gasteiger partial charge >= 0.3 is 0 Å². The molecule has 0 aromatic heterocycles. The zero-order valence-electron chi connectivity index (χ0n) is 15.6. The number of likely N-dealkylation sites (tertiary alicyclic amines) is 1. The SMILES string of the molecule is C[C@@H](c1ccccc1)[C@@H]1CCCN1C1NC(=O)CC(N2CCOCC2)N1. The molecule has 1 aromatic carbocycles. The second kappa shape index (κ2) is 8.05. The third kappa shape index (κ3) is 3.78. The molecule has 3 fully saturated rings. The molecule has 3 saturated heterocycles. The average molecular weight is 358 g/mol. The Hall–Kier alpha value is -1.47. The highest BCUT2D eigenvalue weighted by molar-refractivity contribution is 5.77. The Morgan fingerprint density at radius 2 is 1.92 bits per heavy atom. The Morgan fingerprint density at radius 1 is 1.15 bits per heavy atom. The maximum atomic E-state index is 12.4. The first-order valence-corrected chi connectivity index (χ1v) is 9.90. The van der Waals surface area contributed by atoms with E-state index in [9.17, 15) is 4.79 Å². The highest BCUT2D eigenvalue weighted by Crippen LogP contribution is 2.32. The van der Waals surface area contributed by atoms with E-state index in [4.69, 9.17) is 4.74 Å². The molecular formula is C20H30N4O2. The van der Waals surface area contributed by atoms with Gasteiger partial charge in [-0.2, -0.15) is 0 Å². The van der Waals surface area contributed by atoms with E-state index in [-0.39, 0.29) is 18.4 Å². The predicted molar refractivity (Wildman–Crippen MR) is 100 cm³/mol. The number of hydrogen-bond donors (Lipinski definition) is 2. The lowest BCUT2D eigenvalue weighted by molar-refractivity contribution is -0.131. The van der Waals surface area contributed by atoms with Gasteiger partial charge in [-0.3, -0.25) is 19.9 Å². The van der Waals surface area contributed by atoms with Crippen molar-refractivity contribution < 1.29 is 9.53 Å². The van der Waals surface area contributed by atoms with Crippen molar-refractivity contribution >= 4 is 5.91 Å². The summed E-state index contributed by atoms with van der Waals surface area (Å²) in [6.07, 6.45) is 2.89. The van der Waals surface area contributed by atoms with Gasteiger partial charge in [0.1, 0.15) is 6.29 Å². The monoisotopic (exact) mass is 358 g/mol. The van der Waals surface area contributed by atoms with Crippen LogP contribution in [0.4, 0.5) is 0 Å². The number of rotatable bonds is 4. The first-order valence-electron chi connectivity index (χ1n) is 9.90. The Bertz CT molecular complexity index is 605. The number of hydrogen-bond acceptors (Lipinski definition) is 5. The molecule has 4 rings (SSSR count). The van der Waals surface area contributed by atoms with Crippen LogP contribution in [0.2, 0.25) is 0 Å². The third-order valence-electron chi connectivity index (χ3n) is 6.09. The highest BCUT2D eigenvalue weighted by Gasteiger charge is 2.39. The third-order valence-corrected chi connectivity index (χ3v) is 6.09. The molecule has 1 aromatic rings. The van der Waals surface area contributed by atoms with Gasteiger partial charge in [0, 0.05) is 25.7 Å². The van der Waals surface area contributed by atoms with Crippen LogP contribution in [0.3, 0.4) is 0 Å². The molecule has 3 aliphatic heterocycles. The number of carbonyl (C=O) groups excluding carboxylic acids is 1. The largest absolute Gasteiger partial charge is 0.379 e.